The van der Waals surface area contributed by atoms with Gasteiger partial charge >= 0.3 is 0 Å². The standard InChI is InChI=1S/C20H11NS/c1-2-6-14-12(5-1)19-13-9-8-11-4-3-7-16-18(11)20(13)17(22-16)10-15(19)21-14/h1-10,21H. The Hall–Kier alpha value is -2.58. The van der Waals surface area contributed by atoms with Crippen molar-refractivity contribution in [3.05, 3.63) is 60.7 Å². The third kappa shape index (κ3) is 1.17. The second-order valence-electron chi connectivity index (χ2n) is 5.91. The van der Waals surface area contributed by atoms with Crippen molar-refractivity contribution in [3.8, 4) is 0 Å². The summed E-state index contributed by atoms with van der Waals surface area (Å²) in [6, 6.07) is 22.1. The van der Waals surface area contributed by atoms with Crippen molar-refractivity contribution in [2.75, 3.05) is 0 Å². The Morgan fingerprint density at radius 1 is 0.636 bits per heavy atom. The normalized spacial score (nSPS) is 12.5. The van der Waals surface area contributed by atoms with Gasteiger partial charge in [-0.2, -0.15) is 0 Å². The lowest BCUT2D eigenvalue weighted by Gasteiger charge is -2.04. The van der Waals surface area contributed by atoms with Gasteiger partial charge in [0.2, 0.25) is 0 Å². The molecule has 0 amide bonds. The summed E-state index contributed by atoms with van der Waals surface area (Å²) in [4.78, 5) is 3.58. The summed E-state index contributed by atoms with van der Waals surface area (Å²) in [5, 5.41) is 8.24. The van der Waals surface area contributed by atoms with E-state index in [4.69, 9.17) is 0 Å². The van der Waals surface area contributed by atoms with Crippen LogP contribution in [0, 0.1) is 0 Å². The molecule has 0 unspecified atom stereocenters. The van der Waals surface area contributed by atoms with Crippen molar-refractivity contribution in [2.45, 2.75) is 0 Å². The molecule has 102 valence electrons. The Bertz CT molecular complexity index is 1300. The number of rotatable bonds is 0. The van der Waals surface area contributed by atoms with Gasteiger partial charge in [-0.3, -0.25) is 0 Å². The zero-order valence-corrected chi connectivity index (χ0v) is 12.5. The highest BCUT2D eigenvalue weighted by Crippen LogP contribution is 2.44. The monoisotopic (exact) mass is 297 g/mol. The van der Waals surface area contributed by atoms with E-state index >= 15 is 0 Å². The van der Waals surface area contributed by atoms with E-state index in [1.807, 2.05) is 11.3 Å². The van der Waals surface area contributed by atoms with Crippen molar-refractivity contribution < 1.29 is 0 Å². The van der Waals surface area contributed by atoms with E-state index in [0.29, 0.717) is 0 Å². The molecule has 2 heterocycles. The van der Waals surface area contributed by atoms with Crippen LogP contribution in [0.25, 0.3) is 52.8 Å². The van der Waals surface area contributed by atoms with Crippen LogP contribution in [0.3, 0.4) is 0 Å². The summed E-state index contributed by atoms with van der Waals surface area (Å²) in [5.41, 5.74) is 2.46. The molecule has 0 saturated carbocycles. The van der Waals surface area contributed by atoms with Gasteiger partial charge in [0.1, 0.15) is 0 Å². The van der Waals surface area contributed by atoms with Crippen molar-refractivity contribution >= 4 is 64.1 Å². The lowest BCUT2D eigenvalue weighted by Crippen LogP contribution is -1.77. The van der Waals surface area contributed by atoms with E-state index in [9.17, 15) is 0 Å². The van der Waals surface area contributed by atoms with E-state index < -0.39 is 0 Å². The van der Waals surface area contributed by atoms with Gasteiger partial charge < -0.3 is 4.98 Å². The van der Waals surface area contributed by atoms with E-state index in [0.717, 1.165) is 0 Å². The molecular formula is C20H11NS. The fourth-order valence-electron chi connectivity index (χ4n) is 3.86. The highest BCUT2D eigenvalue weighted by Gasteiger charge is 2.15. The first kappa shape index (κ1) is 11.0. The topological polar surface area (TPSA) is 15.8 Å². The van der Waals surface area contributed by atoms with Gasteiger partial charge in [0.15, 0.2) is 0 Å². The summed E-state index contributed by atoms with van der Waals surface area (Å²) in [7, 11) is 0. The molecule has 0 bridgehead atoms. The van der Waals surface area contributed by atoms with Gasteiger partial charge in [0.05, 0.1) is 0 Å². The molecular weight excluding hydrogens is 286 g/mol. The average Bonchev–Trinajstić information content (AvgIpc) is 3.10. The predicted octanol–water partition coefficient (Wildman–Crippen LogP) is 6.28. The number of H-pyrrole nitrogens is 1. The minimum absolute atomic E-state index is 1.22. The Kier molecular flexibility index (Phi) is 1.81. The Balaban J connectivity index is 2.04. The molecule has 0 aliphatic heterocycles. The van der Waals surface area contributed by atoms with Crippen LogP contribution < -0.4 is 0 Å². The molecule has 4 aromatic carbocycles. The first-order valence-corrected chi connectivity index (χ1v) is 8.28. The first-order chi connectivity index (χ1) is 10.9. The quantitative estimate of drug-likeness (QED) is 0.317. The van der Waals surface area contributed by atoms with Gasteiger partial charge in [0, 0.05) is 42.0 Å². The number of hydrogen-bond acceptors (Lipinski definition) is 1. The molecule has 6 rings (SSSR count). The Morgan fingerprint density at radius 2 is 1.59 bits per heavy atom. The SMILES string of the molecule is c1ccc2c(c1)[nH]c1cc3sc4cccc5ccc(c12)c3c54. The van der Waals surface area contributed by atoms with E-state index in [1.165, 1.54) is 52.8 Å². The molecule has 0 fully saturated rings. The number of para-hydroxylation sites is 1. The Morgan fingerprint density at radius 3 is 2.59 bits per heavy atom. The van der Waals surface area contributed by atoms with Crippen LogP contribution in [0.2, 0.25) is 0 Å². The summed E-state index contributed by atoms with van der Waals surface area (Å²) in [5.74, 6) is 0. The smallest absolute Gasteiger partial charge is 0.0485 e. The fraction of sp³-hybridized carbons (Fsp3) is 0. The number of benzene rings is 4. The van der Waals surface area contributed by atoms with Crippen LogP contribution in [0.1, 0.15) is 0 Å². The number of aromatic amines is 1. The molecule has 2 aromatic heterocycles. The largest absolute Gasteiger partial charge is 0.354 e. The zero-order valence-electron chi connectivity index (χ0n) is 11.7. The van der Waals surface area contributed by atoms with Crippen molar-refractivity contribution in [3.63, 3.8) is 0 Å². The van der Waals surface area contributed by atoms with Crippen LogP contribution >= 0.6 is 11.3 Å². The van der Waals surface area contributed by atoms with Crippen molar-refractivity contribution in [1.82, 2.24) is 4.98 Å². The van der Waals surface area contributed by atoms with Crippen LogP contribution in [0.5, 0.6) is 0 Å². The van der Waals surface area contributed by atoms with Crippen LogP contribution in [0.4, 0.5) is 0 Å². The molecule has 0 radical (unpaired) electrons. The minimum atomic E-state index is 1.22. The summed E-state index contributed by atoms with van der Waals surface area (Å²) >= 11 is 1.89. The van der Waals surface area contributed by atoms with Gasteiger partial charge in [-0.25, -0.2) is 0 Å². The predicted molar refractivity (Wildman–Crippen MR) is 97.4 cm³/mol. The van der Waals surface area contributed by atoms with Crippen LogP contribution in [-0.2, 0) is 0 Å². The third-order valence-electron chi connectivity index (χ3n) is 4.75. The molecule has 1 nitrogen and oxygen atoms in total. The number of aromatic nitrogens is 1. The number of nitrogens with one attached hydrogen (secondary N) is 1. The molecule has 0 spiro atoms. The lowest BCUT2D eigenvalue weighted by molar-refractivity contribution is 1.56. The van der Waals surface area contributed by atoms with Crippen LogP contribution in [0.15, 0.2) is 60.7 Å². The molecule has 0 saturated heterocycles. The van der Waals surface area contributed by atoms with E-state index in [1.54, 1.807) is 0 Å². The second-order valence-corrected chi connectivity index (χ2v) is 7.00. The molecule has 2 heteroatoms. The van der Waals surface area contributed by atoms with E-state index in [2.05, 4.69) is 65.6 Å². The summed E-state index contributed by atoms with van der Waals surface area (Å²) in [6.45, 7) is 0. The van der Waals surface area contributed by atoms with Crippen molar-refractivity contribution in [2.24, 2.45) is 0 Å². The van der Waals surface area contributed by atoms with Crippen LogP contribution in [-0.4, -0.2) is 4.98 Å². The van der Waals surface area contributed by atoms with E-state index in [-0.39, 0.29) is 0 Å². The van der Waals surface area contributed by atoms with Gasteiger partial charge in [-0.1, -0.05) is 42.5 Å². The molecule has 0 aliphatic carbocycles. The lowest BCUT2D eigenvalue weighted by atomic mass is 9.98. The highest BCUT2D eigenvalue weighted by atomic mass is 32.1. The minimum Gasteiger partial charge on any atom is -0.354 e. The molecule has 0 aliphatic rings. The third-order valence-corrected chi connectivity index (χ3v) is 5.86. The van der Waals surface area contributed by atoms with Gasteiger partial charge in [0.25, 0.3) is 0 Å². The maximum atomic E-state index is 3.58. The molecule has 0 atom stereocenters. The zero-order chi connectivity index (χ0) is 14.3. The van der Waals surface area contributed by atoms with Crippen molar-refractivity contribution in [1.29, 1.82) is 0 Å². The number of hydrogen-bond donors (Lipinski definition) is 1. The second kappa shape index (κ2) is 3.60. The van der Waals surface area contributed by atoms with Gasteiger partial charge in [-0.15, -0.1) is 11.3 Å². The van der Waals surface area contributed by atoms with Gasteiger partial charge in [-0.05, 0) is 29.0 Å². The number of thiophene rings is 1. The molecule has 1 N–H and O–H groups in total. The highest BCUT2D eigenvalue weighted by molar-refractivity contribution is 7.26. The summed E-state index contributed by atoms with van der Waals surface area (Å²) in [6.07, 6.45) is 0. The fourth-order valence-corrected chi connectivity index (χ4v) is 5.05. The molecule has 22 heavy (non-hydrogen) atoms. The first-order valence-electron chi connectivity index (χ1n) is 7.47. The average molecular weight is 297 g/mol. The Labute approximate surface area is 130 Å². The summed E-state index contributed by atoms with van der Waals surface area (Å²) < 4.78 is 2.76. The maximum Gasteiger partial charge on any atom is 0.0485 e. The molecule has 6 aromatic rings. The maximum absolute atomic E-state index is 3.58. The number of fused-ring (bicyclic) bond motifs is 4.